The van der Waals surface area contributed by atoms with Crippen molar-refractivity contribution in [1.82, 2.24) is 10.1 Å². The Hall–Kier alpha value is -3.22. The summed E-state index contributed by atoms with van der Waals surface area (Å²) in [4.78, 5) is 14.7. The molecule has 0 saturated carbocycles. The van der Waals surface area contributed by atoms with Crippen LogP contribution < -0.4 is 4.74 Å². The zero-order valence-electron chi connectivity index (χ0n) is 14.8. The van der Waals surface area contributed by atoms with Gasteiger partial charge in [0.25, 0.3) is 11.6 Å². The highest BCUT2D eigenvalue weighted by Crippen LogP contribution is 2.24. The van der Waals surface area contributed by atoms with E-state index in [0.29, 0.717) is 28.9 Å². The Bertz CT molecular complexity index is 917. The molecular weight excluding hydrogens is 334 g/mol. The standard InChI is InChI=1S/C19H19N3O4/c1-12(2)14-4-6-15(7-5-14)19-20-18(26-21-19)11-25-16-8-9-17(22(23)24)13(3)10-16/h4-10,12H,11H2,1-3H3. The summed E-state index contributed by atoms with van der Waals surface area (Å²) in [7, 11) is 0. The molecule has 0 unspecified atom stereocenters. The molecule has 0 aliphatic rings. The van der Waals surface area contributed by atoms with Crippen molar-refractivity contribution in [3.05, 3.63) is 69.6 Å². The van der Waals surface area contributed by atoms with Crippen molar-refractivity contribution in [2.24, 2.45) is 0 Å². The molecule has 3 rings (SSSR count). The summed E-state index contributed by atoms with van der Waals surface area (Å²) in [6, 6.07) is 12.6. The van der Waals surface area contributed by atoms with Crippen LogP contribution in [0.15, 0.2) is 47.0 Å². The van der Waals surface area contributed by atoms with Gasteiger partial charge in [0.2, 0.25) is 5.82 Å². The first kappa shape index (κ1) is 17.6. The number of aromatic nitrogens is 2. The zero-order chi connectivity index (χ0) is 18.7. The van der Waals surface area contributed by atoms with E-state index in [1.807, 2.05) is 24.3 Å². The van der Waals surface area contributed by atoms with Gasteiger partial charge >= 0.3 is 0 Å². The van der Waals surface area contributed by atoms with Crippen LogP contribution in [-0.2, 0) is 6.61 Å². The third-order valence-electron chi connectivity index (χ3n) is 4.03. The molecular formula is C19H19N3O4. The topological polar surface area (TPSA) is 91.3 Å². The average Bonchev–Trinajstić information content (AvgIpc) is 3.09. The number of ether oxygens (including phenoxy) is 1. The highest BCUT2D eigenvalue weighted by atomic mass is 16.6. The summed E-state index contributed by atoms with van der Waals surface area (Å²) in [5.74, 6) is 1.81. The Morgan fingerprint density at radius 3 is 2.54 bits per heavy atom. The first-order valence-electron chi connectivity index (χ1n) is 8.25. The fourth-order valence-electron chi connectivity index (χ4n) is 2.52. The van der Waals surface area contributed by atoms with Crippen molar-refractivity contribution in [3.63, 3.8) is 0 Å². The molecule has 0 amide bonds. The molecule has 0 bridgehead atoms. The van der Waals surface area contributed by atoms with Crippen LogP contribution in [0.1, 0.15) is 36.8 Å². The second-order valence-corrected chi connectivity index (χ2v) is 6.28. The molecule has 0 radical (unpaired) electrons. The second-order valence-electron chi connectivity index (χ2n) is 6.28. The number of nitro groups is 1. The lowest BCUT2D eigenvalue weighted by Gasteiger charge is -2.05. The van der Waals surface area contributed by atoms with E-state index in [2.05, 4.69) is 24.0 Å². The summed E-state index contributed by atoms with van der Waals surface area (Å²) >= 11 is 0. The Kier molecular flexibility index (Phi) is 4.97. The van der Waals surface area contributed by atoms with Crippen LogP contribution in [0.4, 0.5) is 5.69 Å². The highest BCUT2D eigenvalue weighted by Gasteiger charge is 2.13. The maximum absolute atomic E-state index is 10.8. The van der Waals surface area contributed by atoms with Gasteiger partial charge in [0.1, 0.15) is 5.75 Å². The molecule has 7 nitrogen and oxygen atoms in total. The summed E-state index contributed by atoms with van der Waals surface area (Å²) in [5.41, 5.74) is 2.70. The molecule has 0 fully saturated rings. The van der Waals surface area contributed by atoms with Gasteiger partial charge in [-0.2, -0.15) is 4.98 Å². The molecule has 0 atom stereocenters. The van der Waals surface area contributed by atoms with Gasteiger partial charge in [0, 0.05) is 17.2 Å². The second kappa shape index (κ2) is 7.35. The SMILES string of the molecule is Cc1cc(OCc2nc(-c3ccc(C(C)C)cc3)no2)ccc1[N+](=O)[O-]. The van der Waals surface area contributed by atoms with Crippen molar-refractivity contribution in [2.45, 2.75) is 33.3 Å². The van der Waals surface area contributed by atoms with Crippen LogP contribution in [0, 0.1) is 17.0 Å². The molecule has 1 aromatic heterocycles. The van der Waals surface area contributed by atoms with Gasteiger partial charge in [-0.25, -0.2) is 0 Å². The Morgan fingerprint density at radius 2 is 1.92 bits per heavy atom. The maximum Gasteiger partial charge on any atom is 0.272 e. The van der Waals surface area contributed by atoms with E-state index in [9.17, 15) is 10.1 Å². The molecule has 134 valence electrons. The Balaban J connectivity index is 1.67. The van der Waals surface area contributed by atoms with Gasteiger partial charge < -0.3 is 9.26 Å². The molecule has 26 heavy (non-hydrogen) atoms. The van der Waals surface area contributed by atoms with Crippen LogP contribution in [-0.4, -0.2) is 15.1 Å². The van der Waals surface area contributed by atoms with Gasteiger partial charge in [0.15, 0.2) is 6.61 Å². The van der Waals surface area contributed by atoms with E-state index in [4.69, 9.17) is 9.26 Å². The molecule has 7 heteroatoms. The summed E-state index contributed by atoms with van der Waals surface area (Å²) in [6.45, 7) is 6.03. The fourth-order valence-corrected chi connectivity index (χ4v) is 2.52. The molecule has 2 aromatic carbocycles. The lowest BCUT2D eigenvalue weighted by Crippen LogP contribution is -1.97. The molecule has 3 aromatic rings. The van der Waals surface area contributed by atoms with E-state index in [1.165, 1.54) is 11.6 Å². The third kappa shape index (κ3) is 3.88. The van der Waals surface area contributed by atoms with Gasteiger partial charge in [0.05, 0.1) is 4.92 Å². The van der Waals surface area contributed by atoms with Crippen molar-refractivity contribution >= 4 is 5.69 Å². The Labute approximate surface area is 150 Å². The minimum absolute atomic E-state index is 0.0577. The van der Waals surface area contributed by atoms with Crippen LogP contribution >= 0.6 is 0 Å². The predicted octanol–water partition coefficient (Wildman–Crippen LogP) is 4.66. The van der Waals surface area contributed by atoms with Gasteiger partial charge in [-0.15, -0.1) is 0 Å². The molecule has 0 aliphatic carbocycles. The highest BCUT2D eigenvalue weighted by molar-refractivity contribution is 5.54. The summed E-state index contributed by atoms with van der Waals surface area (Å²) in [6.07, 6.45) is 0. The maximum atomic E-state index is 10.8. The average molecular weight is 353 g/mol. The summed E-state index contributed by atoms with van der Waals surface area (Å²) < 4.78 is 10.8. The van der Waals surface area contributed by atoms with E-state index < -0.39 is 4.92 Å². The normalized spacial score (nSPS) is 10.9. The minimum atomic E-state index is -0.423. The van der Waals surface area contributed by atoms with Crippen LogP contribution in [0.3, 0.4) is 0 Å². The van der Waals surface area contributed by atoms with E-state index in [1.54, 1.807) is 19.1 Å². The number of benzene rings is 2. The largest absolute Gasteiger partial charge is 0.484 e. The zero-order valence-corrected chi connectivity index (χ0v) is 14.8. The number of hydrogen-bond acceptors (Lipinski definition) is 6. The third-order valence-corrected chi connectivity index (χ3v) is 4.03. The smallest absolute Gasteiger partial charge is 0.272 e. The van der Waals surface area contributed by atoms with Gasteiger partial charge in [-0.05, 0) is 30.5 Å². The van der Waals surface area contributed by atoms with E-state index >= 15 is 0 Å². The molecule has 0 spiro atoms. The summed E-state index contributed by atoms with van der Waals surface area (Å²) in [5, 5.41) is 14.8. The van der Waals surface area contributed by atoms with Crippen LogP contribution in [0.5, 0.6) is 5.75 Å². The quantitative estimate of drug-likeness (QED) is 0.473. The van der Waals surface area contributed by atoms with Crippen molar-refractivity contribution in [2.75, 3.05) is 0 Å². The van der Waals surface area contributed by atoms with Crippen LogP contribution in [0.2, 0.25) is 0 Å². The number of hydrogen-bond donors (Lipinski definition) is 0. The molecule has 1 heterocycles. The van der Waals surface area contributed by atoms with Gasteiger partial charge in [-0.1, -0.05) is 43.3 Å². The lowest BCUT2D eigenvalue weighted by molar-refractivity contribution is -0.385. The Morgan fingerprint density at radius 1 is 1.19 bits per heavy atom. The molecule has 0 N–H and O–H groups in total. The van der Waals surface area contributed by atoms with E-state index in [0.717, 1.165) is 5.56 Å². The first-order chi connectivity index (χ1) is 12.4. The number of nitrogens with zero attached hydrogens (tertiary/aromatic N) is 3. The lowest BCUT2D eigenvalue weighted by atomic mass is 10.0. The minimum Gasteiger partial charge on any atom is -0.484 e. The van der Waals surface area contributed by atoms with Gasteiger partial charge in [-0.3, -0.25) is 10.1 Å². The van der Waals surface area contributed by atoms with Crippen molar-refractivity contribution in [1.29, 1.82) is 0 Å². The van der Waals surface area contributed by atoms with Crippen molar-refractivity contribution in [3.8, 4) is 17.1 Å². The molecule has 0 saturated heterocycles. The van der Waals surface area contributed by atoms with Crippen molar-refractivity contribution < 1.29 is 14.2 Å². The first-order valence-corrected chi connectivity index (χ1v) is 8.25. The number of nitro benzene ring substituents is 1. The number of rotatable bonds is 6. The predicted molar refractivity (Wildman–Crippen MR) is 96.0 cm³/mol. The van der Waals surface area contributed by atoms with Crippen LogP contribution in [0.25, 0.3) is 11.4 Å². The fraction of sp³-hybridized carbons (Fsp3) is 0.263. The van der Waals surface area contributed by atoms with E-state index in [-0.39, 0.29) is 12.3 Å². The number of aryl methyl sites for hydroxylation is 1. The monoisotopic (exact) mass is 353 g/mol. The molecule has 0 aliphatic heterocycles.